The Morgan fingerprint density at radius 3 is 2.68 bits per heavy atom. The van der Waals surface area contributed by atoms with Gasteiger partial charge in [-0.15, -0.1) is 0 Å². The third-order valence-corrected chi connectivity index (χ3v) is 5.05. The number of hydrogen-bond donors (Lipinski definition) is 1. The smallest absolute Gasteiger partial charge is 0.317 e. The molecule has 2 aliphatic heterocycles. The molecule has 2 saturated heterocycles. The zero-order valence-corrected chi connectivity index (χ0v) is 15.1. The molecule has 1 N–H and O–H groups in total. The number of ether oxygens (including phenoxy) is 1. The molecule has 25 heavy (non-hydrogen) atoms. The lowest BCUT2D eigenvalue weighted by Gasteiger charge is -2.35. The molecule has 0 aliphatic carbocycles. The Morgan fingerprint density at radius 1 is 1.24 bits per heavy atom. The summed E-state index contributed by atoms with van der Waals surface area (Å²) in [5.41, 5.74) is 1.04. The Kier molecular flexibility index (Phi) is 6.10. The predicted octanol–water partition coefficient (Wildman–Crippen LogP) is 2.60. The fourth-order valence-corrected chi connectivity index (χ4v) is 3.39. The first-order chi connectivity index (χ1) is 12.1. The summed E-state index contributed by atoms with van der Waals surface area (Å²) < 4.78 is 5.73. The Balaban J connectivity index is 1.36. The van der Waals surface area contributed by atoms with Gasteiger partial charge in [0.1, 0.15) is 0 Å². The molecule has 1 unspecified atom stereocenters. The van der Waals surface area contributed by atoms with E-state index in [0.717, 1.165) is 52.2 Å². The molecule has 1 atom stereocenters. The van der Waals surface area contributed by atoms with Gasteiger partial charge in [0, 0.05) is 45.9 Å². The van der Waals surface area contributed by atoms with E-state index in [2.05, 4.69) is 41.4 Å². The minimum absolute atomic E-state index is 0.0382. The van der Waals surface area contributed by atoms with Crippen LogP contribution in [0.4, 0.5) is 4.79 Å². The number of amides is 2. The van der Waals surface area contributed by atoms with E-state index in [1.54, 1.807) is 0 Å². The van der Waals surface area contributed by atoms with Crippen molar-refractivity contribution in [2.24, 2.45) is 0 Å². The van der Waals surface area contributed by atoms with Gasteiger partial charge in [-0.3, -0.25) is 4.90 Å². The maximum atomic E-state index is 12.3. The van der Waals surface area contributed by atoms with Crippen LogP contribution in [0, 0.1) is 0 Å². The maximum absolute atomic E-state index is 12.3. The number of benzene rings is 1. The van der Waals surface area contributed by atoms with Crippen molar-refractivity contribution in [3.05, 3.63) is 42.0 Å². The third-order valence-electron chi connectivity index (χ3n) is 5.05. The SMILES string of the molecule is CC1(CNC(=O)N2CCN(C/C=C/c3ccccc3)CC2)CCCO1. The Bertz CT molecular complexity index is 574. The summed E-state index contributed by atoms with van der Waals surface area (Å²) in [6, 6.07) is 10.4. The first-order valence-electron chi connectivity index (χ1n) is 9.25. The van der Waals surface area contributed by atoms with E-state index in [9.17, 15) is 4.79 Å². The van der Waals surface area contributed by atoms with Gasteiger partial charge >= 0.3 is 6.03 Å². The van der Waals surface area contributed by atoms with Crippen molar-refractivity contribution in [3.63, 3.8) is 0 Å². The van der Waals surface area contributed by atoms with Crippen LogP contribution >= 0.6 is 0 Å². The van der Waals surface area contributed by atoms with Crippen LogP contribution in [-0.2, 0) is 4.74 Å². The molecular weight excluding hydrogens is 314 g/mol. The number of nitrogens with one attached hydrogen (secondary N) is 1. The standard InChI is InChI=1S/C20H29N3O2/c1-20(10-6-16-25-20)17-21-19(24)23-14-12-22(13-15-23)11-5-9-18-7-3-2-4-8-18/h2-5,7-9H,6,10-17H2,1H3,(H,21,24)/b9-5+. The Labute approximate surface area is 150 Å². The number of nitrogens with zero attached hydrogens (tertiary/aromatic N) is 2. The fraction of sp³-hybridized carbons (Fsp3) is 0.550. The van der Waals surface area contributed by atoms with Gasteiger partial charge in [-0.25, -0.2) is 4.79 Å². The highest BCUT2D eigenvalue weighted by atomic mass is 16.5. The molecule has 0 saturated carbocycles. The van der Waals surface area contributed by atoms with Crippen LogP contribution in [0.3, 0.4) is 0 Å². The van der Waals surface area contributed by atoms with Gasteiger partial charge in [-0.05, 0) is 25.3 Å². The van der Waals surface area contributed by atoms with E-state index in [1.165, 1.54) is 5.56 Å². The summed E-state index contributed by atoms with van der Waals surface area (Å²) in [6.45, 7) is 7.81. The van der Waals surface area contributed by atoms with Crippen molar-refractivity contribution >= 4 is 12.1 Å². The lowest BCUT2D eigenvalue weighted by molar-refractivity contribution is 0.0214. The van der Waals surface area contributed by atoms with E-state index < -0.39 is 0 Å². The topological polar surface area (TPSA) is 44.8 Å². The van der Waals surface area contributed by atoms with Gasteiger partial charge in [0.25, 0.3) is 0 Å². The Hall–Kier alpha value is -1.85. The van der Waals surface area contributed by atoms with Crippen molar-refractivity contribution in [2.75, 3.05) is 45.9 Å². The van der Waals surface area contributed by atoms with Gasteiger partial charge in [0.15, 0.2) is 0 Å². The van der Waals surface area contributed by atoms with E-state index in [4.69, 9.17) is 4.74 Å². The van der Waals surface area contributed by atoms with E-state index >= 15 is 0 Å². The summed E-state index contributed by atoms with van der Waals surface area (Å²) in [6.07, 6.45) is 6.46. The first kappa shape index (κ1) is 18.0. The fourth-order valence-electron chi connectivity index (χ4n) is 3.39. The highest BCUT2D eigenvalue weighted by Gasteiger charge is 2.31. The normalized spacial score (nSPS) is 24.8. The number of carbonyl (C=O) groups excluding carboxylic acids is 1. The summed E-state index contributed by atoms with van der Waals surface area (Å²) >= 11 is 0. The summed E-state index contributed by atoms with van der Waals surface area (Å²) in [5.74, 6) is 0. The molecule has 0 bridgehead atoms. The molecule has 3 rings (SSSR count). The second kappa shape index (κ2) is 8.50. The molecule has 136 valence electrons. The molecule has 2 heterocycles. The van der Waals surface area contributed by atoms with Gasteiger partial charge in [0.2, 0.25) is 0 Å². The minimum Gasteiger partial charge on any atom is -0.373 e. The second-order valence-corrected chi connectivity index (χ2v) is 7.16. The van der Waals surface area contributed by atoms with Crippen molar-refractivity contribution in [1.82, 2.24) is 15.1 Å². The lowest BCUT2D eigenvalue weighted by Crippen LogP contribution is -2.53. The molecule has 5 nitrogen and oxygen atoms in total. The zero-order chi connectivity index (χ0) is 17.5. The van der Waals surface area contributed by atoms with Crippen LogP contribution in [0.5, 0.6) is 0 Å². The molecule has 5 heteroatoms. The molecule has 2 aliphatic rings. The van der Waals surface area contributed by atoms with Crippen LogP contribution in [0.1, 0.15) is 25.3 Å². The van der Waals surface area contributed by atoms with E-state index in [0.29, 0.717) is 6.54 Å². The van der Waals surface area contributed by atoms with Crippen molar-refractivity contribution in [3.8, 4) is 0 Å². The molecule has 1 aromatic carbocycles. The van der Waals surface area contributed by atoms with Gasteiger partial charge in [-0.1, -0.05) is 42.5 Å². The lowest BCUT2D eigenvalue weighted by atomic mass is 10.0. The van der Waals surface area contributed by atoms with Gasteiger partial charge in [-0.2, -0.15) is 0 Å². The van der Waals surface area contributed by atoms with Crippen LogP contribution in [0.2, 0.25) is 0 Å². The number of rotatable bonds is 5. The maximum Gasteiger partial charge on any atom is 0.317 e. The largest absolute Gasteiger partial charge is 0.373 e. The average molecular weight is 343 g/mol. The number of hydrogen-bond acceptors (Lipinski definition) is 3. The van der Waals surface area contributed by atoms with Gasteiger partial charge < -0.3 is 15.0 Å². The number of carbonyl (C=O) groups is 1. The zero-order valence-electron chi connectivity index (χ0n) is 15.1. The Morgan fingerprint density at radius 2 is 2.00 bits per heavy atom. The van der Waals surface area contributed by atoms with Gasteiger partial charge in [0.05, 0.1) is 5.60 Å². The van der Waals surface area contributed by atoms with Crippen molar-refractivity contribution in [1.29, 1.82) is 0 Å². The second-order valence-electron chi connectivity index (χ2n) is 7.16. The van der Waals surface area contributed by atoms with Crippen molar-refractivity contribution < 1.29 is 9.53 Å². The minimum atomic E-state index is -0.181. The number of piperazine rings is 1. The first-order valence-corrected chi connectivity index (χ1v) is 9.25. The quantitative estimate of drug-likeness (QED) is 0.894. The van der Waals surface area contributed by atoms with E-state index in [-0.39, 0.29) is 11.6 Å². The van der Waals surface area contributed by atoms with Crippen LogP contribution in [0.15, 0.2) is 36.4 Å². The molecular formula is C20H29N3O2. The third kappa shape index (κ3) is 5.31. The summed E-state index contributed by atoms with van der Waals surface area (Å²) in [7, 11) is 0. The van der Waals surface area contributed by atoms with Crippen LogP contribution in [-0.4, -0.2) is 67.3 Å². The highest BCUT2D eigenvalue weighted by molar-refractivity contribution is 5.74. The molecule has 0 aromatic heterocycles. The summed E-state index contributed by atoms with van der Waals surface area (Å²) in [5, 5.41) is 3.04. The molecule has 1 aromatic rings. The van der Waals surface area contributed by atoms with Crippen molar-refractivity contribution in [2.45, 2.75) is 25.4 Å². The predicted molar refractivity (Wildman–Crippen MR) is 100 cm³/mol. The number of urea groups is 1. The molecule has 2 fully saturated rings. The molecule has 2 amide bonds. The van der Waals surface area contributed by atoms with Crippen LogP contribution < -0.4 is 5.32 Å². The molecule has 0 radical (unpaired) electrons. The summed E-state index contributed by atoms with van der Waals surface area (Å²) in [4.78, 5) is 16.6. The van der Waals surface area contributed by atoms with Crippen LogP contribution in [0.25, 0.3) is 6.08 Å². The molecule has 0 spiro atoms. The van der Waals surface area contributed by atoms with E-state index in [1.807, 2.05) is 23.1 Å². The highest BCUT2D eigenvalue weighted by Crippen LogP contribution is 2.23. The average Bonchev–Trinajstić information content (AvgIpc) is 3.08. The monoisotopic (exact) mass is 343 g/mol.